The van der Waals surface area contributed by atoms with Gasteiger partial charge in [-0.3, -0.25) is 0 Å². The lowest BCUT2D eigenvalue weighted by Crippen LogP contribution is -2.25. The Balaban J connectivity index is 1.78. The van der Waals surface area contributed by atoms with Gasteiger partial charge in [-0.2, -0.15) is 15.8 Å². The Kier molecular flexibility index (Phi) is 10.2. The number of phenolic OH excluding ortho intramolecular Hbond substituents is 1. The number of nitriles is 3. The van der Waals surface area contributed by atoms with E-state index < -0.39 is 5.60 Å². The van der Waals surface area contributed by atoms with Gasteiger partial charge in [-0.15, -0.1) is 11.3 Å². The number of anilines is 1. The molecule has 6 nitrogen and oxygen atoms in total. The van der Waals surface area contributed by atoms with E-state index in [2.05, 4.69) is 30.9 Å². The average Bonchev–Trinajstić information content (AvgIpc) is 3.48. The lowest BCUT2D eigenvalue weighted by Gasteiger charge is -2.25. The van der Waals surface area contributed by atoms with Crippen LogP contribution in [0, 0.1) is 34.0 Å². The molecule has 1 aromatic carbocycles. The number of phenols is 1. The van der Waals surface area contributed by atoms with Crippen LogP contribution in [0.15, 0.2) is 58.9 Å². The molecule has 39 heavy (non-hydrogen) atoms. The minimum Gasteiger partial charge on any atom is -0.507 e. The molecule has 2 aromatic rings. The van der Waals surface area contributed by atoms with Crippen LogP contribution in [0.2, 0.25) is 0 Å². The van der Waals surface area contributed by atoms with Crippen molar-refractivity contribution in [1.29, 1.82) is 15.8 Å². The van der Waals surface area contributed by atoms with Crippen LogP contribution in [0.4, 0.5) is 5.69 Å². The van der Waals surface area contributed by atoms with Crippen molar-refractivity contribution in [3.8, 4) is 24.0 Å². The van der Waals surface area contributed by atoms with Crippen molar-refractivity contribution >= 4 is 35.3 Å². The number of ether oxygens (including phenoxy) is 1. The van der Waals surface area contributed by atoms with E-state index in [1.807, 2.05) is 60.7 Å². The van der Waals surface area contributed by atoms with Gasteiger partial charge in [-0.05, 0) is 69.2 Å². The maximum atomic E-state index is 10.7. The molecule has 0 saturated heterocycles. The molecule has 0 unspecified atom stereocenters. The molecule has 0 radical (unpaired) electrons. The Morgan fingerprint density at radius 3 is 2.10 bits per heavy atom. The van der Waals surface area contributed by atoms with Crippen LogP contribution in [0.1, 0.15) is 68.7 Å². The Labute approximate surface area is 235 Å². The summed E-state index contributed by atoms with van der Waals surface area (Å²) >= 11 is 1.57. The highest BCUT2D eigenvalue weighted by molar-refractivity contribution is 7.13. The minimum atomic E-state index is -0.845. The number of rotatable bonds is 11. The van der Waals surface area contributed by atoms with Crippen molar-refractivity contribution in [3.05, 3.63) is 74.2 Å². The van der Waals surface area contributed by atoms with Crippen molar-refractivity contribution in [2.24, 2.45) is 0 Å². The molecular weight excluding hydrogens is 504 g/mol. The second kappa shape index (κ2) is 13.5. The summed E-state index contributed by atoms with van der Waals surface area (Å²) in [6, 6.07) is 15.6. The lowest BCUT2D eigenvalue weighted by atomic mass is 9.94. The summed E-state index contributed by atoms with van der Waals surface area (Å²) in [6.45, 7) is 9.96. The monoisotopic (exact) mass is 538 g/mol. The van der Waals surface area contributed by atoms with E-state index >= 15 is 0 Å². The van der Waals surface area contributed by atoms with Crippen LogP contribution in [-0.4, -0.2) is 23.8 Å². The predicted molar refractivity (Wildman–Crippen MR) is 158 cm³/mol. The molecule has 1 aliphatic heterocycles. The van der Waals surface area contributed by atoms with E-state index in [0.29, 0.717) is 5.57 Å². The number of unbranched alkanes of at least 4 members (excludes halogenated alkanes) is 2. The summed E-state index contributed by atoms with van der Waals surface area (Å²) in [7, 11) is 0. The van der Waals surface area contributed by atoms with Crippen molar-refractivity contribution in [2.45, 2.75) is 59.0 Å². The van der Waals surface area contributed by atoms with Crippen LogP contribution in [0.3, 0.4) is 0 Å². The standard InChI is InChI=1S/C32H34N4O2S/c1-5-7-17-36(18-8-6-2)25-11-9-23(30(37)19-25)10-12-26-13-14-27(39-26)15-16-29-28(22-35)31(24(20-33)21-34)38-32(29,3)4/h9-16,19,37H,5-8,17-18H2,1-4H3/b12-10+,16-15+. The fraction of sp³-hybridized carbons (Fsp3) is 0.344. The maximum absolute atomic E-state index is 10.7. The molecule has 1 aliphatic rings. The first kappa shape index (κ1) is 29.3. The van der Waals surface area contributed by atoms with Gasteiger partial charge in [0.15, 0.2) is 11.3 Å². The third kappa shape index (κ3) is 7.20. The summed E-state index contributed by atoms with van der Waals surface area (Å²) in [6.07, 6.45) is 12.1. The number of benzene rings is 1. The molecular formula is C32H34N4O2S. The molecule has 2 heterocycles. The zero-order chi connectivity index (χ0) is 28.4. The Morgan fingerprint density at radius 2 is 1.56 bits per heavy atom. The lowest BCUT2D eigenvalue weighted by molar-refractivity contribution is 0.0954. The molecule has 0 saturated carbocycles. The molecule has 200 valence electrons. The summed E-state index contributed by atoms with van der Waals surface area (Å²) in [4.78, 5) is 4.33. The number of thiophene rings is 1. The highest BCUT2D eigenvalue weighted by Crippen LogP contribution is 2.40. The molecule has 0 aliphatic carbocycles. The summed E-state index contributed by atoms with van der Waals surface area (Å²) in [5.74, 6) is 0.294. The van der Waals surface area contributed by atoms with Crippen LogP contribution in [0.25, 0.3) is 18.2 Å². The fourth-order valence-electron chi connectivity index (χ4n) is 4.30. The first-order valence-corrected chi connectivity index (χ1v) is 14.0. The van der Waals surface area contributed by atoms with Crippen molar-refractivity contribution in [1.82, 2.24) is 0 Å². The van der Waals surface area contributed by atoms with E-state index in [-0.39, 0.29) is 22.7 Å². The zero-order valence-corrected chi connectivity index (χ0v) is 23.8. The number of aromatic hydroxyl groups is 1. The van der Waals surface area contributed by atoms with E-state index in [1.165, 1.54) is 0 Å². The van der Waals surface area contributed by atoms with Gasteiger partial charge in [0.25, 0.3) is 0 Å². The van der Waals surface area contributed by atoms with Crippen molar-refractivity contribution in [3.63, 3.8) is 0 Å². The van der Waals surface area contributed by atoms with Gasteiger partial charge in [0, 0.05) is 45.7 Å². The second-order valence-electron chi connectivity index (χ2n) is 9.78. The van der Waals surface area contributed by atoms with E-state index in [0.717, 1.165) is 59.8 Å². The Hall–Kier alpha value is -4.25. The van der Waals surface area contributed by atoms with Crippen LogP contribution in [-0.2, 0) is 4.74 Å². The average molecular weight is 539 g/mol. The SMILES string of the molecule is CCCCN(CCCC)c1ccc(/C=C/c2ccc(/C=C/C3=C(C#N)C(=C(C#N)C#N)OC3(C)C)s2)c(O)c1. The molecule has 0 spiro atoms. The van der Waals surface area contributed by atoms with E-state index in [1.54, 1.807) is 25.2 Å². The number of allylic oxidation sites excluding steroid dienone is 2. The van der Waals surface area contributed by atoms with Gasteiger partial charge in [0.05, 0.1) is 0 Å². The number of hydrogen-bond donors (Lipinski definition) is 1. The molecule has 7 heteroatoms. The van der Waals surface area contributed by atoms with Crippen molar-refractivity contribution in [2.75, 3.05) is 18.0 Å². The summed E-state index contributed by atoms with van der Waals surface area (Å²) in [5.41, 5.74) is 1.57. The molecule has 0 atom stereocenters. The molecule has 0 bridgehead atoms. The molecule has 0 amide bonds. The molecule has 3 rings (SSSR count). The summed E-state index contributed by atoms with van der Waals surface area (Å²) in [5, 5.41) is 38.9. The number of hydrogen-bond acceptors (Lipinski definition) is 7. The fourth-order valence-corrected chi connectivity index (χ4v) is 5.12. The van der Waals surface area contributed by atoms with Crippen LogP contribution in [0.5, 0.6) is 5.75 Å². The molecule has 1 aromatic heterocycles. The predicted octanol–water partition coefficient (Wildman–Crippen LogP) is 7.97. The summed E-state index contributed by atoms with van der Waals surface area (Å²) < 4.78 is 5.82. The quantitative estimate of drug-likeness (QED) is 0.291. The topological polar surface area (TPSA) is 104 Å². The largest absolute Gasteiger partial charge is 0.507 e. The molecule has 1 N–H and O–H groups in total. The zero-order valence-electron chi connectivity index (χ0n) is 23.0. The van der Waals surface area contributed by atoms with Crippen LogP contribution < -0.4 is 4.90 Å². The van der Waals surface area contributed by atoms with Gasteiger partial charge < -0.3 is 14.7 Å². The first-order valence-electron chi connectivity index (χ1n) is 13.2. The normalized spacial score (nSPS) is 14.3. The number of nitrogens with zero attached hydrogens (tertiary/aromatic N) is 4. The smallest absolute Gasteiger partial charge is 0.172 e. The Morgan fingerprint density at radius 1 is 0.949 bits per heavy atom. The van der Waals surface area contributed by atoms with Crippen LogP contribution >= 0.6 is 11.3 Å². The van der Waals surface area contributed by atoms with Gasteiger partial charge in [-0.25, -0.2) is 0 Å². The minimum absolute atomic E-state index is 0.0339. The van der Waals surface area contributed by atoms with Gasteiger partial charge >= 0.3 is 0 Å². The van der Waals surface area contributed by atoms with Crippen molar-refractivity contribution < 1.29 is 9.84 Å². The third-order valence-corrected chi connectivity index (χ3v) is 7.51. The highest BCUT2D eigenvalue weighted by atomic mass is 32.1. The molecule has 0 fully saturated rings. The Bertz CT molecular complexity index is 1410. The van der Waals surface area contributed by atoms with E-state index in [4.69, 9.17) is 4.74 Å². The first-order chi connectivity index (χ1) is 18.8. The second-order valence-corrected chi connectivity index (χ2v) is 10.9. The third-order valence-electron chi connectivity index (χ3n) is 6.50. The van der Waals surface area contributed by atoms with Gasteiger partial charge in [0.2, 0.25) is 0 Å². The van der Waals surface area contributed by atoms with Gasteiger partial charge in [-0.1, -0.05) is 32.8 Å². The maximum Gasteiger partial charge on any atom is 0.172 e. The van der Waals surface area contributed by atoms with Gasteiger partial charge in [0.1, 0.15) is 35.1 Å². The highest BCUT2D eigenvalue weighted by Gasteiger charge is 2.38. The van der Waals surface area contributed by atoms with E-state index in [9.17, 15) is 20.9 Å².